The predicted octanol–water partition coefficient (Wildman–Crippen LogP) is 4.00. The monoisotopic (exact) mass is 270 g/mol. The van der Waals surface area contributed by atoms with Crippen molar-refractivity contribution >= 4 is 5.78 Å². The van der Waals surface area contributed by atoms with Crippen LogP contribution in [0.25, 0.3) is 0 Å². The maximum absolute atomic E-state index is 12.4. The van der Waals surface area contributed by atoms with E-state index in [2.05, 4.69) is 24.3 Å². The minimum absolute atomic E-state index is 0.174. The first-order valence-electron chi connectivity index (χ1n) is 7.14. The smallest absolute Gasteiger partial charge is 0.167 e. The maximum Gasteiger partial charge on any atom is 0.167 e. The van der Waals surface area contributed by atoms with Crippen molar-refractivity contribution in [1.29, 1.82) is 0 Å². The fourth-order valence-corrected chi connectivity index (χ4v) is 2.95. The van der Waals surface area contributed by atoms with Crippen LogP contribution in [0.2, 0.25) is 0 Å². The lowest BCUT2D eigenvalue weighted by Gasteiger charge is -2.07. The molecule has 0 radical (unpaired) electrons. The zero-order valence-electron chi connectivity index (χ0n) is 11.5. The number of hydrogen-bond donors (Lipinski definition) is 0. The number of carbonyl (C=O) groups excluding carboxylic acids is 1. The van der Waals surface area contributed by atoms with Crippen molar-refractivity contribution in [2.45, 2.75) is 6.42 Å². The molecule has 3 aromatic rings. The molecular formula is C20H14O. The van der Waals surface area contributed by atoms with Crippen LogP contribution in [0.5, 0.6) is 0 Å². The second-order valence-electron chi connectivity index (χ2n) is 5.39. The zero-order chi connectivity index (χ0) is 14.2. The van der Waals surface area contributed by atoms with Crippen LogP contribution >= 0.6 is 0 Å². The van der Waals surface area contributed by atoms with Crippen LogP contribution in [0.4, 0.5) is 0 Å². The lowest BCUT2D eigenvalue weighted by molar-refractivity contribution is 0.0993. The Bertz CT molecular complexity index is 1020. The summed E-state index contributed by atoms with van der Waals surface area (Å²) in [5.74, 6) is 0.174. The first-order chi connectivity index (χ1) is 10.3. The first kappa shape index (κ1) is 12.1. The Labute approximate surface area is 122 Å². The zero-order valence-corrected chi connectivity index (χ0v) is 11.5. The van der Waals surface area contributed by atoms with E-state index in [1.54, 1.807) is 0 Å². The van der Waals surface area contributed by atoms with Gasteiger partial charge in [-0.25, -0.2) is 0 Å². The molecule has 4 rings (SSSR count). The Balaban J connectivity index is 1.74. The Morgan fingerprint density at radius 2 is 1.29 bits per heavy atom. The molecule has 1 nitrogen and oxygen atoms in total. The number of Topliss-reactive ketones (excluding diaryl/α,β-unsaturated/α-hetero) is 1. The maximum atomic E-state index is 12.4. The molecule has 0 aromatic heterocycles. The molecule has 0 bridgehead atoms. The summed E-state index contributed by atoms with van der Waals surface area (Å²) in [7, 11) is 0. The molecule has 0 atom stereocenters. The van der Waals surface area contributed by atoms with Gasteiger partial charge in [0.05, 0.1) is 0 Å². The lowest BCUT2D eigenvalue weighted by Crippen LogP contribution is -2.04. The SMILES string of the molecule is O=C(Cc1ccccc1)c1ccc2c(c1)=c1ccccc1=2. The van der Waals surface area contributed by atoms with Crippen molar-refractivity contribution in [3.05, 3.63) is 105 Å². The van der Waals surface area contributed by atoms with E-state index >= 15 is 0 Å². The lowest BCUT2D eigenvalue weighted by atomic mass is 9.96. The van der Waals surface area contributed by atoms with Gasteiger partial charge in [-0.1, -0.05) is 66.7 Å². The molecule has 0 unspecified atom stereocenters. The third-order valence-electron chi connectivity index (χ3n) is 4.06. The van der Waals surface area contributed by atoms with E-state index < -0.39 is 0 Å². The van der Waals surface area contributed by atoms with Crippen LogP contribution in [0.3, 0.4) is 0 Å². The van der Waals surface area contributed by atoms with Crippen LogP contribution in [0.1, 0.15) is 15.9 Å². The van der Waals surface area contributed by atoms with E-state index in [0.29, 0.717) is 6.42 Å². The third-order valence-corrected chi connectivity index (χ3v) is 4.06. The van der Waals surface area contributed by atoms with Crippen molar-refractivity contribution in [3.8, 4) is 0 Å². The van der Waals surface area contributed by atoms with Gasteiger partial charge in [-0.05, 0) is 32.5 Å². The average molecular weight is 270 g/mol. The Morgan fingerprint density at radius 3 is 2.05 bits per heavy atom. The summed E-state index contributed by atoms with van der Waals surface area (Å²) in [5.41, 5.74) is 1.86. The van der Waals surface area contributed by atoms with Gasteiger partial charge in [0.1, 0.15) is 0 Å². The van der Waals surface area contributed by atoms with E-state index in [0.717, 1.165) is 11.1 Å². The van der Waals surface area contributed by atoms with E-state index in [1.165, 1.54) is 20.9 Å². The third kappa shape index (κ3) is 1.98. The van der Waals surface area contributed by atoms with Crippen molar-refractivity contribution in [3.63, 3.8) is 0 Å². The van der Waals surface area contributed by atoms with Crippen LogP contribution in [0.15, 0.2) is 72.8 Å². The molecule has 0 heterocycles. The molecule has 0 saturated heterocycles. The Kier molecular flexibility index (Phi) is 2.71. The van der Waals surface area contributed by atoms with E-state index in [-0.39, 0.29) is 5.78 Å². The van der Waals surface area contributed by atoms with Gasteiger partial charge in [-0.15, -0.1) is 0 Å². The van der Waals surface area contributed by atoms with Gasteiger partial charge < -0.3 is 0 Å². The molecule has 0 aliphatic heterocycles. The standard InChI is InChI=1S/C20H14O/c21-20(12-14-6-2-1-3-7-14)15-10-11-18-16-8-4-5-9-17(16)19(18)13-15/h1-11,13H,12H2. The number of rotatable bonds is 3. The van der Waals surface area contributed by atoms with Crippen molar-refractivity contribution in [2.24, 2.45) is 0 Å². The predicted molar refractivity (Wildman–Crippen MR) is 82.7 cm³/mol. The average Bonchev–Trinajstić information content (AvgIpc) is 2.53. The summed E-state index contributed by atoms with van der Waals surface area (Å²) in [4.78, 5) is 12.4. The molecule has 0 spiro atoms. The first-order valence-corrected chi connectivity index (χ1v) is 7.14. The minimum Gasteiger partial charge on any atom is -0.294 e. The largest absolute Gasteiger partial charge is 0.294 e. The fraction of sp³-hybridized carbons (Fsp3) is 0.0500. The molecule has 0 N–H and O–H groups in total. The van der Waals surface area contributed by atoms with Gasteiger partial charge in [-0.2, -0.15) is 0 Å². The number of fused-ring (bicyclic) bond motifs is 2. The molecule has 3 aromatic carbocycles. The highest BCUT2D eigenvalue weighted by Crippen LogP contribution is 2.16. The van der Waals surface area contributed by atoms with Gasteiger partial charge in [0, 0.05) is 12.0 Å². The summed E-state index contributed by atoms with van der Waals surface area (Å²) < 4.78 is 0. The highest BCUT2D eigenvalue weighted by atomic mass is 16.1. The highest BCUT2D eigenvalue weighted by molar-refractivity contribution is 5.97. The fourth-order valence-electron chi connectivity index (χ4n) is 2.95. The summed E-state index contributed by atoms with van der Waals surface area (Å²) in [6.07, 6.45) is 0.460. The normalized spacial score (nSPS) is 11.2. The van der Waals surface area contributed by atoms with Gasteiger partial charge >= 0.3 is 0 Å². The van der Waals surface area contributed by atoms with Crippen molar-refractivity contribution < 1.29 is 4.79 Å². The summed E-state index contributed by atoms with van der Waals surface area (Å²) in [6.45, 7) is 0. The van der Waals surface area contributed by atoms with Crippen LogP contribution < -0.4 is 0 Å². The number of carbonyl (C=O) groups is 1. The molecule has 1 aliphatic carbocycles. The van der Waals surface area contributed by atoms with Crippen LogP contribution in [0, 0.1) is 20.9 Å². The molecular weight excluding hydrogens is 256 g/mol. The van der Waals surface area contributed by atoms with Crippen LogP contribution in [-0.2, 0) is 6.42 Å². The molecule has 1 aliphatic rings. The number of benzene rings is 3. The number of ketones is 1. The molecule has 100 valence electrons. The highest BCUT2D eigenvalue weighted by Gasteiger charge is 2.09. The Hall–Kier alpha value is -2.67. The minimum atomic E-state index is 0.174. The quantitative estimate of drug-likeness (QED) is 0.514. The van der Waals surface area contributed by atoms with Crippen molar-refractivity contribution in [2.75, 3.05) is 0 Å². The number of hydrogen-bond acceptors (Lipinski definition) is 1. The molecule has 1 heteroatoms. The summed E-state index contributed by atoms with van der Waals surface area (Å²) in [5, 5.41) is 4.99. The Morgan fingerprint density at radius 1 is 0.667 bits per heavy atom. The van der Waals surface area contributed by atoms with E-state index in [1.807, 2.05) is 48.5 Å². The topological polar surface area (TPSA) is 17.1 Å². The van der Waals surface area contributed by atoms with Gasteiger partial charge in [-0.3, -0.25) is 4.79 Å². The van der Waals surface area contributed by atoms with Gasteiger partial charge in [0.2, 0.25) is 0 Å². The molecule has 0 amide bonds. The van der Waals surface area contributed by atoms with Crippen LogP contribution in [-0.4, -0.2) is 5.78 Å². The van der Waals surface area contributed by atoms with Gasteiger partial charge in [0.25, 0.3) is 0 Å². The second-order valence-corrected chi connectivity index (χ2v) is 5.39. The van der Waals surface area contributed by atoms with E-state index in [4.69, 9.17) is 0 Å². The van der Waals surface area contributed by atoms with E-state index in [9.17, 15) is 4.79 Å². The molecule has 21 heavy (non-hydrogen) atoms. The van der Waals surface area contributed by atoms with Crippen molar-refractivity contribution in [1.82, 2.24) is 0 Å². The summed E-state index contributed by atoms with van der Waals surface area (Å²) >= 11 is 0. The molecule has 0 fully saturated rings. The second kappa shape index (κ2) is 4.71. The van der Waals surface area contributed by atoms with Gasteiger partial charge in [0.15, 0.2) is 5.78 Å². The molecule has 0 saturated carbocycles. The summed E-state index contributed by atoms with van der Waals surface area (Å²) in [6, 6.07) is 24.3.